The predicted octanol–water partition coefficient (Wildman–Crippen LogP) is 4.11. The first kappa shape index (κ1) is 15.1. The molecule has 1 aromatic rings. The Labute approximate surface area is 124 Å². The molecule has 1 aliphatic heterocycles. The Morgan fingerprint density at radius 2 is 1.75 bits per heavy atom. The van der Waals surface area contributed by atoms with Crippen LogP contribution in [0.25, 0.3) is 0 Å². The molecule has 0 saturated carbocycles. The highest BCUT2D eigenvalue weighted by Gasteiger charge is 2.32. The molecular weight excluding hydrogens is 270 g/mol. The summed E-state index contributed by atoms with van der Waals surface area (Å²) in [6, 6.07) is 10.2. The van der Waals surface area contributed by atoms with Crippen molar-refractivity contribution in [2.75, 3.05) is 0 Å². The second-order valence-corrected chi connectivity index (χ2v) is 6.23. The minimum atomic E-state index is -0.0450. The van der Waals surface area contributed by atoms with Crippen molar-refractivity contribution in [3.05, 3.63) is 35.9 Å². The van der Waals surface area contributed by atoms with E-state index in [4.69, 9.17) is 0 Å². The van der Waals surface area contributed by atoms with Gasteiger partial charge in [0.2, 0.25) is 11.8 Å². The molecule has 0 aliphatic carbocycles. The smallest absolute Gasteiger partial charge is 0.239 e. The molecule has 1 unspecified atom stereocenters. The first-order valence-electron chi connectivity index (χ1n) is 7.30. The van der Waals surface area contributed by atoms with E-state index in [0.717, 1.165) is 12.8 Å². The van der Waals surface area contributed by atoms with E-state index < -0.39 is 0 Å². The molecular formula is C16H21NO2S. The quantitative estimate of drug-likeness (QED) is 0.431. The zero-order valence-corrected chi connectivity index (χ0v) is 12.7. The van der Waals surface area contributed by atoms with Crippen LogP contribution in [0.15, 0.2) is 30.3 Å². The van der Waals surface area contributed by atoms with Gasteiger partial charge in [0.25, 0.3) is 0 Å². The van der Waals surface area contributed by atoms with Crippen LogP contribution in [0, 0.1) is 0 Å². The molecule has 0 N–H and O–H groups in total. The molecule has 1 saturated heterocycles. The lowest BCUT2D eigenvalue weighted by atomic mass is 10.1. The van der Waals surface area contributed by atoms with Gasteiger partial charge in [-0.3, -0.25) is 9.59 Å². The van der Waals surface area contributed by atoms with E-state index in [1.54, 1.807) is 0 Å². The number of hydrogen-bond acceptors (Lipinski definition) is 3. The van der Waals surface area contributed by atoms with Crippen LogP contribution >= 0.6 is 11.9 Å². The Balaban J connectivity index is 2.06. The van der Waals surface area contributed by atoms with Gasteiger partial charge in [0.05, 0.1) is 5.25 Å². The summed E-state index contributed by atoms with van der Waals surface area (Å²) < 4.78 is 1.38. The van der Waals surface area contributed by atoms with E-state index in [-0.39, 0.29) is 17.1 Å². The summed E-state index contributed by atoms with van der Waals surface area (Å²) >= 11 is 1.41. The number of benzene rings is 1. The summed E-state index contributed by atoms with van der Waals surface area (Å²) in [6.07, 6.45) is 5.21. The van der Waals surface area contributed by atoms with Gasteiger partial charge >= 0.3 is 0 Å². The SMILES string of the molecule is CCCCCC(SN1C(=O)CCC1=O)c1ccccc1. The van der Waals surface area contributed by atoms with Crippen LogP contribution in [-0.4, -0.2) is 16.1 Å². The Bertz CT molecular complexity index is 445. The molecule has 2 rings (SSSR count). The fraction of sp³-hybridized carbons (Fsp3) is 0.500. The minimum absolute atomic E-state index is 0.0450. The fourth-order valence-corrected chi connectivity index (χ4v) is 3.55. The molecule has 3 nitrogen and oxygen atoms in total. The maximum absolute atomic E-state index is 11.8. The highest BCUT2D eigenvalue weighted by molar-refractivity contribution is 7.98. The molecule has 2 amide bonds. The van der Waals surface area contributed by atoms with Crippen molar-refractivity contribution in [1.29, 1.82) is 0 Å². The molecule has 1 aromatic carbocycles. The van der Waals surface area contributed by atoms with Crippen molar-refractivity contribution < 1.29 is 9.59 Å². The van der Waals surface area contributed by atoms with Crippen LogP contribution in [0.2, 0.25) is 0 Å². The van der Waals surface area contributed by atoms with Crippen molar-refractivity contribution in [2.45, 2.75) is 50.7 Å². The van der Waals surface area contributed by atoms with E-state index in [1.165, 1.54) is 34.7 Å². The minimum Gasteiger partial charge on any atom is -0.273 e. The maximum Gasteiger partial charge on any atom is 0.239 e. The number of amides is 2. The number of carbonyl (C=O) groups excluding carboxylic acids is 2. The van der Waals surface area contributed by atoms with E-state index in [9.17, 15) is 9.59 Å². The van der Waals surface area contributed by atoms with Crippen molar-refractivity contribution in [1.82, 2.24) is 4.31 Å². The van der Waals surface area contributed by atoms with Crippen LogP contribution in [0.1, 0.15) is 56.3 Å². The van der Waals surface area contributed by atoms with Crippen LogP contribution in [0.5, 0.6) is 0 Å². The third kappa shape index (κ3) is 3.85. The second-order valence-electron chi connectivity index (χ2n) is 5.08. The number of imide groups is 1. The fourth-order valence-electron chi connectivity index (χ4n) is 2.33. The van der Waals surface area contributed by atoms with Crippen molar-refractivity contribution in [3.8, 4) is 0 Å². The van der Waals surface area contributed by atoms with Crippen LogP contribution in [0.4, 0.5) is 0 Å². The lowest BCUT2D eigenvalue weighted by Gasteiger charge is -2.21. The zero-order valence-electron chi connectivity index (χ0n) is 11.9. The zero-order chi connectivity index (χ0) is 14.4. The van der Waals surface area contributed by atoms with Gasteiger partial charge < -0.3 is 0 Å². The lowest BCUT2D eigenvalue weighted by molar-refractivity contribution is -0.131. The van der Waals surface area contributed by atoms with Gasteiger partial charge in [-0.25, -0.2) is 4.31 Å². The number of rotatable bonds is 7. The van der Waals surface area contributed by atoms with E-state index >= 15 is 0 Å². The molecule has 1 atom stereocenters. The molecule has 4 heteroatoms. The van der Waals surface area contributed by atoms with Gasteiger partial charge in [-0.2, -0.15) is 0 Å². The summed E-state index contributed by atoms with van der Waals surface area (Å²) in [5, 5.41) is 0.189. The van der Waals surface area contributed by atoms with Crippen LogP contribution in [0.3, 0.4) is 0 Å². The number of nitrogens with zero attached hydrogens (tertiary/aromatic N) is 1. The molecule has 0 bridgehead atoms. The number of hydrogen-bond donors (Lipinski definition) is 0. The van der Waals surface area contributed by atoms with E-state index in [0.29, 0.717) is 12.8 Å². The predicted molar refractivity (Wildman–Crippen MR) is 82.0 cm³/mol. The number of unbranched alkanes of at least 4 members (excludes halogenated alkanes) is 2. The largest absolute Gasteiger partial charge is 0.273 e. The molecule has 20 heavy (non-hydrogen) atoms. The Morgan fingerprint density at radius 1 is 1.10 bits per heavy atom. The highest BCUT2D eigenvalue weighted by Crippen LogP contribution is 2.38. The van der Waals surface area contributed by atoms with Crippen molar-refractivity contribution in [3.63, 3.8) is 0 Å². The standard InChI is InChI=1S/C16H21NO2S/c1-2-3-5-10-14(13-8-6-4-7-9-13)20-17-15(18)11-12-16(17)19/h4,6-9,14H,2-3,5,10-12H2,1H3. The number of carbonyl (C=O) groups is 2. The summed E-state index contributed by atoms with van der Waals surface area (Å²) in [4.78, 5) is 23.5. The maximum atomic E-state index is 11.8. The van der Waals surface area contributed by atoms with Gasteiger partial charge in [-0.05, 0) is 23.9 Å². The van der Waals surface area contributed by atoms with Gasteiger partial charge in [-0.1, -0.05) is 56.5 Å². The van der Waals surface area contributed by atoms with Gasteiger partial charge in [-0.15, -0.1) is 0 Å². The third-order valence-electron chi connectivity index (χ3n) is 3.48. The van der Waals surface area contributed by atoms with Crippen LogP contribution < -0.4 is 0 Å². The van der Waals surface area contributed by atoms with Gasteiger partial charge in [0, 0.05) is 12.8 Å². The molecule has 1 heterocycles. The summed E-state index contributed by atoms with van der Waals surface area (Å²) in [5.74, 6) is -0.0900. The lowest BCUT2D eigenvalue weighted by Crippen LogP contribution is -2.22. The van der Waals surface area contributed by atoms with Gasteiger partial charge in [0.15, 0.2) is 0 Å². The van der Waals surface area contributed by atoms with E-state index in [2.05, 4.69) is 19.1 Å². The first-order chi connectivity index (χ1) is 9.72. The third-order valence-corrected chi connectivity index (χ3v) is 4.86. The topological polar surface area (TPSA) is 37.4 Å². The average Bonchev–Trinajstić information content (AvgIpc) is 2.79. The first-order valence-corrected chi connectivity index (χ1v) is 8.13. The van der Waals surface area contributed by atoms with Crippen molar-refractivity contribution >= 4 is 23.8 Å². The normalized spacial score (nSPS) is 16.8. The summed E-state index contributed by atoms with van der Waals surface area (Å²) in [7, 11) is 0. The monoisotopic (exact) mass is 291 g/mol. The molecule has 0 aromatic heterocycles. The highest BCUT2D eigenvalue weighted by atomic mass is 32.2. The molecule has 108 valence electrons. The summed E-state index contributed by atoms with van der Waals surface area (Å²) in [5.41, 5.74) is 1.20. The Hall–Kier alpha value is -1.29. The van der Waals surface area contributed by atoms with Crippen LogP contribution in [-0.2, 0) is 9.59 Å². The van der Waals surface area contributed by atoms with Crippen molar-refractivity contribution in [2.24, 2.45) is 0 Å². The molecule has 0 spiro atoms. The summed E-state index contributed by atoms with van der Waals surface area (Å²) in [6.45, 7) is 2.18. The average molecular weight is 291 g/mol. The second kappa shape index (κ2) is 7.48. The van der Waals surface area contributed by atoms with E-state index in [1.807, 2.05) is 18.2 Å². The Morgan fingerprint density at radius 3 is 2.35 bits per heavy atom. The van der Waals surface area contributed by atoms with Gasteiger partial charge in [0.1, 0.15) is 0 Å². The molecule has 0 radical (unpaired) electrons. The Kier molecular flexibility index (Phi) is 5.65. The molecule has 1 aliphatic rings. The molecule has 1 fully saturated rings.